The molecule has 3 N–H and O–H groups in total. The highest BCUT2D eigenvalue weighted by Crippen LogP contribution is 2.11. The second-order valence-electron chi connectivity index (χ2n) is 4.70. The normalized spacial score (nSPS) is 12.8. The molecule has 1 unspecified atom stereocenters. The zero-order valence-electron chi connectivity index (χ0n) is 11.6. The number of nitrogens with two attached hydrogens (primary N) is 1. The number of sulfone groups is 1. The van der Waals surface area contributed by atoms with E-state index in [2.05, 4.69) is 5.32 Å². The summed E-state index contributed by atoms with van der Waals surface area (Å²) < 4.78 is 27.4. The highest BCUT2D eigenvalue weighted by Gasteiger charge is 2.13. The molecule has 0 spiro atoms. The minimum atomic E-state index is -3.11. The lowest BCUT2D eigenvalue weighted by atomic mass is 10.2. The second-order valence-corrected chi connectivity index (χ2v) is 6.88. The van der Waals surface area contributed by atoms with Gasteiger partial charge >= 0.3 is 0 Å². The number of nitrogens with one attached hydrogen (secondary N) is 1. The van der Waals surface area contributed by atoms with Gasteiger partial charge in [0.1, 0.15) is 15.6 Å². The first-order chi connectivity index (χ1) is 9.30. The third-order valence-corrected chi connectivity index (χ3v) is 3.59. The SMILES string of the molecule is CC(CS(C)(=O)=O)NC(=O)COc1ccc(CN)cc1. The second kappa shape index (κ2) is 7.25. The van der Waals surface area contributed by atoms with Gasteiger partial charge in [0, 0.05) is 18.8 Å². The van der Waals surface area contributed by atoms with Crippen LogP contribution < -0.4 is 15.8 Å². The van der Waals surface area contributed by atoms with Crippen molar-refractivity contribution < 1.29 is 17.9 Å². The van der Waals surface area contributed by atoms with Crippen LogP contribution in [0.25, 0.3) is 0 Å². The number of amides is 1. The van der Waals surface area contributed by atoms with Crippen LogP contribution in [0.2, 0.25) is 0 Å². The smallest absolute Gasteiger partial charge is 0.258 e. The number of hydrogen-bond acceptors (Lipinski definition) is 5. The minimum absolute atomic E-state index is 0.0933. The number of carbonyl (C=O) groups excluding carboxylic acids is 1. The molecule has 0 aliphatic heterocycles. The number of carbonyl (C=O) groups is 1. The quantitative estimate of drug-likeness (QED) is 0.742. The monoisotopic (exact) mass is 300 g/mol. The van der Waals surface area contributed by atoms with Crippen LogP contribution in [0, 0.1) is 0 Å². The van der Waals surface area contributed by atoms with Gasteiger partial charge in [0.15, 0.2) is 6.61 Å². The zero-order chi connectivity index (χ0) is 15.2. The molecule has 20 heavy (non-hydrogen) atoms. The van der Waals surface area contributed by atoms with Gasteiger partial charge in [-0.2, -0.15) is 0 Å². The molecule has 112 valence electrons. The van der Waals surface area contributed by atoms with E-state index in [1.807, 2.05) is 12.1 Å². The third kappa shape index (κ3) is 6.53. The van der Waals surface area contributed by atoms with Gasteiger partial charge in [0.2, 0.25) is 0 Å². The zero-order valence-corrected chi connectivity index (χ0v) is 12.4. The molecular formula is C13H20N2O4S. The first-order valence-corrected chi connectivity index (χ1v) is 8.25. The highest BCUT2D eigenvalue weighted by molar-refractivity contribution is 7.90. The van der Waals surface area contributed by atoms with E-state index in [1.54, 1.807) is 19.1 Å². The van der Waals surface area contributed by atoms with E-state index in [9.17, 15) is 13.2 Å². The Balaban J connectivity index is 2.39. The van der Waals surface area contributed by atoms with Crippen LogP contribution >= 0.6 is 0 Å². The van der Waals surface area contributed by atoms with Crippen molar-refractivity contribution in [3.63, 3.8) is 0 Å². The van der Waals surface area contributed by atoms with Crippen LogP contribution in [-0.2, 0) is 21.2 Å². The van der Waals surface area contributed by atoms with Crippen LogP contribution in [0.4, 0.5) is 0 Å². The van der Waals surface area contributed by atoms with Crippen LogP contribution in [0.1, 0.15) is 12.5 Å². The van der Waals surface area contributed by atoms with Crippen molar-refractivity contribution in [1.29, 1.82) is 0 Å². The summed E-state index contributed by atoms with van der Waals surface area (Å²) in [6.07, 6.45) is 1.13. The standard InChI is InChI=1S/C13H20N2O4S/c1-10(9-20(2,17)18)15-13(16)8-19-12-5-3-11(7-14)4-6-12/h3-6,10H,7-9,14H2,1-2H3,(H,15,16). The summed E-state index contributed by atoms with van der Waals surface area (Å²) in [7, 11) is -3.11. The predicted molar refractivity (Wildman–Crippen MR) is 77.1 cm³/mol. The number of benzene rings is 1. The fourth-order valence-electron chi connectivity index (χ4n) is 1.68. The summed E-state index contributed by atoms with van der Waals surface area (Å²) in [4.78, 5) is 11.6. The van der Waals surface area contributed by atoms with Gasteiger partial charge < -0.3 is 15.8 Å². The molecular weight excluding hydrogens is 280 g/mol. The average molecular weight is 300 g/mol. The largest absolute Gasteiger partial charge is 0.484 e. The summed E-state index contributed by atoms with van der Waals surface area (Å²) >= 11 is 0. The Bertz CT molecular complexity index is 540. The van der Waals surface area contributed by atoms with Crippen molar-refractivity contribution in [3.05, 3.63) is 29.8 Å². The molecule has 0 saturated carbocycles. The summed E-state index contributed by atoms with van der Waals surface area (Å²) in [5, 5.41) is 2.57. The summed E-state index contributed by atoms with van der Waals surface area (Å²) in [6, 6.07) is 6.66. The van der Waals surface area contributed by atoms with Gasteiger partial charge in [-0.3, -0.25) is 4.79 Å². The van der Waals surface area contributed by atoms with E-state index in [4.69, 9.17) is 10.5 Å². The minimum Gasteiger partial charge on any atom is -0.484 e. The summed E-state index contributed by atoms with van der Waals surface area (Å²) in [6.45, 7) is 1.93. The van der Waals surface area contributed by atoms with Crippen LogP contribution in [0.5, 0.6) is 5.75 Å². The van der Waals surface area contributed by atoms with Crippen molar-refractivity contribution in [2.45, 2.75) is 19.5 Å². The molecule has 0 aliphatic rings. The van der Waals surface area contributed by atoms with Gasteiger partial charge in [-0.1, -0.05) is 12.1 Å². The van der Waals surface area contributed by atoms with Gasteiger partial charge in [-0.15, -0.1) is 0 Å². The Kier molecular flexibility index (Phi) is 5.97. The maximum Gasteiger partial charge on any atom is 0.258 e. The van der Waals surface area contributed by atoms with Gasteiger partial charge in [0.25, 0.3) is 5.91 Å². The Labute approximate surface area is 119 Å². The number of rotatable bonds is 7. The molecule has 0 fully saturated rings. The first kappa shape index (κ1) is 16.5. The summed E-state index contributed by atoms with van der Waals surface area (Å²) in [5.74, 6) is 0.112. The lowest BCUT2D eigenvalue weighted by Crippen LogP contribution is -2.39. The maximum absolute atomic E-state index is 11.6. The predicted octanol–water partition coefficient (Wildman–Crippen LogP) is 0.0734. The molecule has 1 aromatic rings. The van der Waals surface area contributed by atoms with Gasteiger partial charge in [0.05, 0.1) is 5.75 Å². The van der Waals surface area contributed by atoms with E-state index in [-0.39, 0.29) is 18.3 Å². The van der Waals surface area contributed by atoms with Gasteiger partial charge in [-0.25, -0.2) is 8.42 Å². The molecule has 0 radical (unpaired) electrons. The molecule has 0 aliphatic carbocycles. The number of ether oxygens (including phenoxy) is 1. The molecule has 0 heterocycles. The van der Waals surface area contributed by atoms with E-state index in [1.165, 1.54) is 0 Å². The highest BCUT2D eigenvalue weighted by atomic mass is 32.2. The van der Waals surface area contributed by atoms with E-state index in [0.29, 0.717) is 12.3 Å². The van der Waals surface area contributed by atoms with E-state index >= 15 is 0 Å². The van der Waals surface area contributed by atoms with Crippen molar-refractivity contribution in [2.75, 3.05) is 18.6 Å². The fourth-order valence-corrected chi connectivity index (χ4v) is 2.67. The third-order valence-electron chi connectivity index (χ3n) is 2.49. The Morgan fingerprint density at radius 1 is 1.35 bits per heavy atom. The molecule has 1 aromatic carbocycles. The van der Waals surface area contributed by atoms with Crippen molar-refractivity contribution in [2.24, 2.45) is 5.73 Å². The van der Waals surface area contributed by atoms with E-state index in [0.717, 1.165) is 11.8 Å². The Hall–Kier alpha value is -1.60. The van der Waals surface area contributed by atoms with Crippen molar-refractivity contribution in [1.82, 2.24) is 5.32 Å². The maximum atomic E-state index is 11.6. The fraction of sp³-hybridized carbons (Fsp3) is 0.462. The van der Waals surface area contributed by atoms with Crippen molar-refractivity contribution >= 4 is 15.7 Å². The molecule has 1 rings (SSSR count). The molecule has 0 bridgehead atoms. The summed E-state index contributed by atoms with van der Waals surface area (Å²) in [5.41, 5.74) is 6.45. The average Bonchev–Trinajstić information content (AvgIpc) is 2.34. The molecule has 1 amide bonds. The van der Waals surface area contributed by atoms with E-state index < -0.39 is 15.9 Å². The molecule has 1 atom stereocenters. The number of hydrogen-bond donors (Lipinski definition) is 2. The molecule has 0 saturated heterocycles. The Morgan fingerprint density at radius 3 is 2.45 bits per heavy atom. The molecule has 0 aromatic heterocycles. The van der Waals surface area contributed by atoms with Gasteiger partial charge in [-0.05, 0) is 24.6 Å². The topological polar surface area (TPSA) is 98.5 Å². The van der Waals surface area contributed by atoms with Crippen molar-refractivity contribution in [3.8, 4) is 5.75 Å². The lowest BCUT2D eigenvalue weighted by molar-refractivity contribution is -0.123. The molecule has 6 nitrogen and oxygen atoms in total. The van der Waals surface area contributed by atoms with Crippen LogP contribution in [0.3, 0.4) is 0 Å². The van der Waals surface area contributed by atoms with Crippen LogP contribution in [0.15, 0.2) is 24.3 Å². The lowest BCUT2D eigenvalue weighted by Gasteiger charge is -2.13. The Morgan fingerprint density at radius 2 is 1.95 bits per heavy atom. The molecule has 7 heteroatoms. The first-order valence-electron chi connectivity index (χ1n) is 6.19. The van der Waals surface area contributed by atoms with Crippen LogP contribution in [-0.4, -0.2) is 39.0 Å².